The summed E-state index contributed by atoms with van der Waals surface area (Å²) < 4.78 is 0. The van der Waals surface area contributed by atoms with Gasteiger partial charge in [0.15, 0.2) is 5.17 Å². The van der Waals surface area contributed by atoms with E-state index in [4.69, 9.17) is 16.6 Å². The molecule has 1 saturated heterocycles. The maximum absolute atomic E-state index is 13.8. The summed E-state index contributed by atoms with van der Waals surface area (Å²) >= 11 is 9.40. The standard InChI is InChI=1S/C28H26ClN3OS2/c1-4-31-23-17-21(29)11-13-24(23)34-27(31)25-26(33)32(15-14-20-8-6-5-7-9-20)28(35-25)30-22-12-10-18(2)16-19(22)3/h5-13,16-17H,4,14-15H2,1-3H3. The van der Waals surface area contributed by atoms with Crippen molar-refractivity contribution in [1.29, 1.82) is 0 Å². The predicted molar refractivity (Wildman–Crippen MR) is 150 cm³/mol. The van der Waals surface area contributed by atoms with Crippen molar-refractivity contribution in [1.82, 2.24) is 4.90 Å². The van der Waals surface area contributed by atoms with Gasteiger partial charge in [0.05, 0.1) is 11.4 Å². The number of fused-ring (bicyclic) bond motifs is 1. The van der Waals surface area contributed by atoms with Crippen molar-refractivity contribution in [3.05, 3.63) is 98.4 Å². The van der Waals surface area contributed by atoms with Crippen molar-refractivity contribution in [3.63, 3.8) is 0 Å². The van der Waals surface area contributed by atoms with Gasteiger partial charge in [-0.3, -0.25) is 9.69 Å². The molecule has 0 atom stereocenters. The average molecular weight is 520 g/mol. The van der Waals surface area contributed by atoms with Crippen LogP contribution in [0.1, 0.15) is 23.6 Å². The van der Waals surface area contributed by atoms with Crippen LogP contribution in [-0.2, 0) is 11.2 Å². The summed E-state index contributed by atoms with van der Waals surface area (Å²) in [5.74, 6) is 0.00861. The van der Waals surface area contributed by atoms with Crippen LogP contribution in [0.25, 0.3) is 0 Å². The number of thioether (sulfide) groups is 2. The van der Waals surface area contributed by atoms with E-state index in [1.165, 1.54) is 22.9 Å². The summed E-state index contributed by atoms with van der Waals surface area (Å²) in [6, 6.07) is 22.4. The zero-order chi connectivity index (χ0) is 24.5. The number of rotatable bonds is 5. The van der Waals surface area contributed by atoms with Crippen molar-refractivity contribution < 1.29 is 4.79 Å². The summed E-state index contributed by atoms with van der Waals surface area (Å²) in [7, 11) is 0. The monoisotopic (exact) mass is 519 g/mol. The van der Waals surface area contributed by atoms with E-state index in [1.54, 1.807) is 11.8 Å². The molecule has 2 aliphatic rings. The van der Waals surface area contributed by atoms with Gasteiger partial charge in [-0.15, -0.1) is 0 Å². The first-order valence-electron chi connectivity index (χ1n) is 11.6. The third kappa shape index (κ3) is 4.88. The van der Waals surface area contributed by atoms with Crippen LogP contribution in [0.4, 0.5) is 11.4 Å². The van der Waals surface area contributed by atoms with Gasteiger partial charge in [-0.25, -0.2) is 4.99 Å². The quantitative estimate of drug-likeness (QED) is 0.326. The van der Waals surface area contributed by atoms with Gasteiger partial charge in [0.2, 0.25) is 0 Å². The molecule has 35 heavy (non-hydrogen) atoms. The summed E-state index contributed by atoms with van der Waals surface area (Å²) in [5.41, 5.74) is 5.44. The second-order valence-corrected chi connectivity index (χ2v) is 11.0. The molecule has 0 N–H and O–H groups in total. The van der Waals surface area contributed by atoms with Gasteiger partial charge < -0.3 is 4.90 Å². The average Bonchev–Trinajstić information content (AvgIpc) is 3.36. The van der Waals surface area contributed by atoms with Crippen molar-refractivity contribution >= 4 is 57.6 Å². The molecule has 1 amide bonds. The number of anilines is 1. The van der Waals surface area contributed by atoms with Gasteiger partial charge in [-0.05, 0) is 74.3 Å². The highest BCUT2D eigenvalue weighted by atomic mass is 35.5. The number of halogens is 1. The van der Waals surface area contributed by atoms with E-state index >= 15 is 0 Å². The second-order valence-electron chi connectivity index (χ2n) is 8.57. The fourth-order valence-electron chi connectivity index (χ4n) is 4.27. The topological polar surface area (TPSA) is 35.9 Å². The van der Waals surface area contributed by atoms with Crippen molar-refractivity contribution in [2.24, 2.45) is 4.99 Å². The Bertz CT molecular complexity index is 1350. The van der Waals surface area contributed by atoms with Gasteiger partial charge >= 0.3 is 0 Å². The molecule has 0 spiro atoms. The first kappa shape index (κ1) is 24.0. The Morgan fingerprint density at radius 3 is 2.49 bits per heavy atom. The molecule has 178 valence electrons. The highest BCUT2D eigenvalue weighted by Crippen LogP contribution is 2.51. The van der Waals surface area contributed by atoms with E-state index in [1.807, 2.05) is 47.4 Å². The highest BCUT2D eigenvalue weighted by Gasteiger charge is 2.39. The SMILES string of the molecule is CCN1C(=C2SC(=Nc3ccc(C)cc3C)N(CCc3ccccc3)C2=O)Sc2ccc(Cl)cc21. The molecule has 7 heteroatoms. The van der Waals surface area contributed by atoms with E-state index in [9.17, 15) is 4.79 Å². The molecule has 1 fully saturated rings. The number of benzene rings is 3. The minimum Gasteiger partial charge on any atom is -0.334 e. The molecule has 5 rings (SSSR count). The van der Waals surface area contributed by atoms with Crippen LogP contribution in [0.5, 0.6) is 0 Å². The molecule has 2 heterocycles. The van der Waals surface area contributed by atoms with E-state index in [0.717, 1.165) is 49.9 Å². The van der Waals surface area contributed by atoms with Gasteiger partial charge in [0.25, 0.3) is 5.91 Å². The Morgan fingerprint density at radius 1 is 0.943 bits per heavy atom. The van der Waals surface area contributed by atoms with Gasteiger partial charge in [-0.1, -0.05) is 71.4 Å². The Labute approximate surface area is 220 Å². The minimum atomic E-state index is 0.00861. The number of hydrogen-bond donors (Lipinski definition) is 0. The molecule has 3 aromatic rings. The lowest BCUT2D eigenvalue weighted by Gasteiger charge is -2.19. The number of hydrogen-bond acceptors (Lipinski definition) is 5. The van der Waals surface area contributed by atoms with Crippen molar-refractivity contribution in [2.75, 3.05) is 18.0 Å². The third-order valence-electron chi connectivity index (χ3n) is 6.07. The van der Waals surface area contributed by atoms with E-state index < -0.39 is 0 Å². The second kappa shape index (κ2) is 10.1. The summed E-state index contributed by atoms with van der Waals surface area (Å²) in [6.45, 7) is 7.56. The van der Waals surface area contributed by atoms with Crippen LogP contribution in [0.2, 0.25) is 5.02 Å². The first-order valence-corrected chi connectivity index (χ1v) is 13.6. The number of carbonyl (C=O) groups is 1. The fraction of sp³-hybridized carbons (Fsp3) is 0.214. The third-order valence-corrected chi connectivity index (χ3v) is 8.69. The lowest BCUT2D eigenvalue weighted by Crippen LogP contribution is -2.32. The molecular weight excluding hydrogens is 494 g/mol. The molecule has 0 bridgehead atoms. The fourth-order valence-corrected chi connectivity index (χ4v) is 6.83. The van der Waals surface area contributed by atoms with Gasteiger partial charge in [0, 0.05) is 23.0 Å². The zero-order valence-corrected chi connectivity index (χ0v) is 22.3. The lowest BCUT2D eigenvalue weighted by molar-refractivity contribution is -0.122. The maximum atomic E-state index is 13.8. The van der Waals surface area contributed by atoms with Crippen LogP contribution in [0, 0.1) is 13.8 Å². The van der Waals surface area contributed by atoms with Crippen LogP contribution < -0.4 is 4.90 Å². The Kier molecular flexibility index (Phi) is 6.96. The maximum Gasteiger partial charge on any atom is 0.269 e. The summed E-state index contributed by atoms with van der Waals surface area (Å²) in [5, 5.41) is 2.38. The predicted octanol–water partition coefficient (Wildman–Crippen LogP) is 7.56. The molecule has 0 unspecified atom stereocenters. The summed E-state index contributed by atoms with van der Waals surface area (Å²) in [6.07, 6.45) is 0.766. The Morgan fingerprint density at radius 2 is 1.74 bits per heavy atom. The highest BCUT2D eigenvalue weighted by molar-refractivity contribution is 8.19. The molecule has 0 aliphatic carbocycles. The van der Waals surface area contributed by atoms with E-state index in [-0.39, 0.29) is 5.91 Å². The van der Waals surface area contributed by atoms with Crippen LogP contribution in [0.3, 0.4) is 0 Å². The minimum absolute atomic E-state index is 0.00861. The molecule has 3 aromatic carbocycles. The van der Waals surface area contributed by atoms with E-state index in [2.05, 4.69) is 49.9 Å². The van der Waals surface area contributed by atoms with Crippen LogP contribution in [0.15, 0.2) is 86.6 Å². The molecule has 0 aromatic heterocycles. The zero-order valence-electron chi connectivity index (χ0n) is 19.9. The Balaban J connectivity index is 1.54. The molecule has 0 saturated carbocycles. The van der Waals surface area contributed by atoms with Gasteiger partial charge in [-0.2, -0.15) is 0 Å². The number of aliphatic imine (C=N–C) groups is 1. The molecule has 4 nitrogen and oxygen atoms in total. The number of amidine groups is 1. The van der Waals surface area contributed by atoms with Crippen molar-refractivity contribution in [3.8, 4) is 0 Å². The number of nitrogens with zero attached hydrogens (tertiary/aromatic N) is 3. The first-order chi connectivity index (χ1) is 16.9. The largest absolute Gasteiger partial charge is 0.334 e. The van der Waals surface area contributed by atoms with Crippen molar-refractivity contribution in [2.45, 2.75) is 32.1 Å². The van der Waals surface area contributed by atoms with Gasteiger partial charge in [0.1, 0.15) is 9.93 Å². The number of amides is 1. The lowest BCUT2D eigenvalue weighted by atomic mass is 10.1. The Hall–Kier alpha value is -2.67. The van der Waals surface area contributed by atoms with E-state index in [0.29, 0.717) is 11.6 Å². The normalized spacial score (nSPS) is 18.6. The number of carbonyl (C=O) groups excluding carboxylic acids is 1. The molecule has 0 radical (unpaired) electrons. The smallest absolute Gasteiger partial charge is 0.269 e. The molecule has 2 aliphatic heterocycles. The molecular formula is C28H26ClN3OS2. The van der Waals surface area contributed by atoms with Crippen LogP contribution in [-0.4, -0.2) is 29.1 Å². The number of aryl methyl sites for hydroxylation is 2. The van der Waals surface area contributed by atoms with Crippen LogP contribution >= 0.6 is 35.1 Å². The summed E-state index contributed by atoms with van der Waals surface area (Å²) in [4.78, 5) is 24.7.